The molecule has 2 aromatic carbocycles. The maximum absolute atomic E-state index is 13.1. The van der Waals surface area contributed by atoms with Gasteiger partial charge in [-0.05, 0) is 68.0 Å². The zero-order chi connectivity index (χ0) is 24.4. The van der Waals surface area contributed by atoms with Crippen molar-refractivity contribution in [1.29, 1.82) is 0 Å². The van der Waals surface area contributed by atoms with E-state index in [9.17, 15) is 4.79 Å². The van der Waals surface area contributed by atoms with Gasteiger partial charge < -0.3 is 14.6 Å². The number of hydrogen-bond donors (Lipinski definition) is 1. The Labute approximate surface area is 208 Å². The van der Waals surface area contributed by atoms with Crippen molar-refractivity contribution in [2.45, 2.75) is 39.7 Å². The molecule has 0 amide bonds. The molecule has 180 valence electrons. The third-order valence-corrected chi connectivity index (χ3v) is 6.67. The normalized spacial score (nSPS) is 14.4. The van der Waals surface area contributed by atoms with Gasteiger partial charge in [0.05, 0.1) is 11.2 Å². The Bertz CT molecular complexity index is 1360. The summed E-state index contributed by atoms with van der Waals surface area (Å²) < 4.78 is 10.8. The van der Waals surface area contributed by atoms with Crippen LogP contribution in [0.1, 0.15) is 46.9 Å². The monoisotopic (exact) mass is 490 g/mol. The molecule has 1 N–H and O–H groups in total. The first-order chi connectivity index (χ1) is 17.0. The lowest BCUT2D eigenvalue weighted by atomic mass is 9.94. The van der Waals surface area contributed by atoms with Crippen molar-refractivity contribution in [2.24, 2.45) is 5.92 Å². The molecule has 0 aliphatic carbocycles. The fourth-order valence-corrected chi connectivity index (χ4v) is 4.79. The molecule has 0 spiro atoms. The van der Waals surface area contributed by atoms with Gasteiger partial charge in [-0.1, -0.05) is 35.0 Å². The van der Waals surface area contributed by atoms with E-state index in [1.165, 1.54) is 0 Å². The van der Waals surface area contributed by atoms with Crippen LogP contribution < -0.4 is 5.32 Å². The standard InChI is InChI=1S/C27H27ClN4O3/c1-16-25(17(2)35-32-16)20-6-7-23-22(14-20)26(29-15-19-4-3-5-21(28)12-19)31-27(30-23)24(33)13-18-8-10-34-11-9-18/h3-7,12,14,18H,8-11,13,15H2,1-2H3,(H,29,30,31). The van der Waals surface area contributed by atoms with Crippen molar-refractivity contribution >= 4 is 34.1 Å². The van der Waals surface area contributed by atoms with Crippen LogP contribution in [0.4, 0.5) is 5.82 Å². The molecule has 35 heavy (non-hydrogen) atoms. The van der Waals surface area contributed by atoms with E-state index < -0.39 is 0 Å². The molecular weight excluding hydrogens is 464 g/mol. The molecule has 1 aliphatic rings. The van der Waals surface area contributed by atoms with E-state index in [1.54, 1.807) is 0 Å². The zero-order valence-corrected chi connectivity index (χ0v) is 20.6. The first-order valence-electron chi connectivity index (χ1n) is 11.8. The predicted molar refractivity (Wildman–Crippen MR) is 136 cm³/mol. The fourth-order valence-electron chi connectivity index (χ4n) is 4.58. The quantitative estimate of drug-likeness (QED) is 0.310. The van der Waals surface area contributed by atoms with Gasteiger partial charge >= 0.3 is 0 Å². The minimum Gasteiger partial charge on any atom is -0.381 e. The summed E-state index contributed by atoms with van der Waals surface area (Å²) in [5, 5.41) is 8.99. The van der Waals surface area contributed by atoms with Crippen LogP contribution in [0.3, 0.4) is 0 Å². The summed E-state index contributed by atoms with van der Waals surface area (Å²) >= 11 is 6.17. The summed E-state index contributed by atoms with van der Waals surface area (Å²) in [6.07, 6.45) is 2.21. The highest BCUT2D eigenvalue weighted by molar-refractivity contribution is 6.30. The number of rotatable bonds is 7. The number of aryl methyl sites for hydroxylation is 2. The molecule has 0 unspecified atom stereocenters. The number of aromatic nitrogens is 3. The fraction of sp³-hybridized carbons (Fsp3) is 0.333. The van der Waals surface area contributed by atoms with Gasteiger partial charge in [0, 0.05) is 42.2 Å². The third kappa shape index (κ3) is 5.21. The average molecular weight is 491 g/mol. The summed E-state index contributed by atoms with van der Waals surface area (Å²) in [5.74, 6) is 1.86. The minimum absolute atomic E-state index is 0.0422. The van der Waals surface area contributed by atoms with E-state index in [0.29, 0.717) is 48.5 Å². The SMILES string of the molecule is Cc1noc(C)c1-c1ccc2nc(C(=O)CC3CCOCC3)nc(NCc3cccc(Cl)c3)c2c1. The molecule has 3 heterocycles. The van der Waals surface area contributed by atoms with Crippen LogP contribution in [-0.2, 0) is 11.3 Å². The van der Waals surface area contributed by atoms with Crippen LogP contribution >= 0.6 is 11.6 Å². The van der Waals surface area contributed by atoms with E-state index in [1.807, 2.05) is 56.3 Å². The molecule has 8 heteroatoms. The van der Waals surface area contributed by atoms with Crippen molar-refractivity contribution in [1.82, 2.24) is 15.1 Å². The summed E-state index contributed by atoms with van der Waals surface area (Å²) in [4.78, 5) is 22.5. The van der Waals surface area contributed by atoms with Crippen LogP contribution in [0.5, 0.6) is 0 Å². The Morgan fingerprint density at radius 1 is 1.11 bits per heavy atom. The molecule has 0 atom stereocenters. The highest BCUT2D eigenvalue weighted by Crippen LogP contribution is 2.32. The van der Waals surface area contributed by atoms with Gasteiger partial charge in [0.15, 0.2) is 11.6 Å². The number of benzene rings is 2. The second-order valence-electron chi connectivity index (χ2n) is 8.99. The van der Waals surface area contributed by atoms with E-state index in [0.717, 1.165) is 46.4 Å². The number of ether oxygens (including phenoxy) is 1. The molecule has 0 bridgehead atoms. The van der Waals surface area contributed by atoms with Crippen LogP contribution in [0, 0.1) is 19.8 Å². The maximum atomic E-state index is 13.1. The number of nitrogens with zero attached hydrogens (tertiary/aromatic N) is 3. The van der Waals surface area contributed by atoms with Crippen LogP contribution in [0.15, 0.2) is 47.0 Å². The highest BCUT2D eigenvalue weighted by Gasteiger charge is 2.22. The molecule has 1 fully saturated rings. The maximum Gasteiger partial charge on any atom is 0.200 e. The lowest BCUT2D eigenvalue weighted by Crippen LogP contribution is -2.20. The molecule has 4 aromatic rings. The number of Topliss-reactive ketones (excluding diaryl/α,β-unsaturated/α-hetero) is 1. The second kappa shape index (κ2) is 10.1. The van der Waals surface area contributed by atoms with E-state index in [2.05, 4.69) is 15.5 Å². The number of carbonyl (C=O) groups is 1. The number of hydrogen-bond acceptors (Lipinski definition) is 7. The summed E-state index contributed by atoms with van der Waals surface area (Å²) in [7, 11) is 0. The summed E-state index contributed by atoms with van der Waals surface area (Å²) in [5.41, 5.74) is 4.46. The van der Waals surface area contributed by atoms with Crippen LogP contribution in [0.25, 0.3) is 22.0 Å². The number of nitrogens with one attached hydrogen (secondary N) is 1. The van der Waals surface area contributed by atoms with Crippen LogP contribution in [0.2, 0.25) is 5.02 Å². The third-order valence-electron chi connectivity index (χ3n) is 6.43. The smallest absolute Gasteiger partial charge is 0.200 e. The molecule has 2 aromatic heterocycles. The zero-order valence-electron chi connectivity index (χ0n) is 19.8. The second-order valence-corrected chi connectivity index (χ2v) is 9.43. The molecular formula is C27H27ClN4O3. The molecule has 0 saturated carbocycles. The number of anilines is 1. The van der Waals surface area contributed by atoms with E-state index >= 15 is 0 Å². The lowest BCUT2D eigenvalue weighted by molar-refractivity contribution is 0.0598. The largest absolute Gasteiger partial charge is 0.381 e. The molecule has 0 radical (unpaired) electrons. The highest BCUT2D eigenvalue weighted by atomic mass is 35.5. The molecule has 1 aliphatic heterocycles. The van der Waals surface area contributed by atoms with Gasteiger partial charge in [-0.2, -0.15) is 0 Å². The Morgan fingerprint density at radius 3 is 2.69 bits per heavy atom. The topological polar surface area (TPSA) is 90.1 Å². The van der Waals surface area contributed by atoms with Crippen molar-refractivity contribution in [3.63, 3.8) is 0 Å². The van der Waals surface area contributed by atoms with Gasteiger partial charge in [-0.25, -0.2) is 9.97 Å². The number of carbonyl (C=O) groups excluding carboxylic acids is 1. The Morgan fingerprint density at radius 2 is 1.94 bits per heavy atom. The van der Waals surface area contributed by atoms with Gasteiger partial charge in [0.25, 0.3) is 0 Å². The number of fused-ring (bicyclic) bond motifs is 1. The molecule has 5 rings (SSSR count). The first-order valence-corrected chi connectivity index (χ1v) is 12.2. The van der Waals surface area contributed by atoms with Gasteiger partial charge in [0.1, 0.15) is 11.6 Å². The van der Waals surface area contributed by atoms with E-state index in [-0.39, 0.29) is 11.6 Å². The first kappa shape index (κ1) is 23.5. The Hall–Kier alpha value is -3.29. The Kier molecular flexibility index (Phi) is 6.79. The van der Waals surface area contributed by atoms with Crippen LogP contribution in [-0.4, -0.2) is 34.1 Å². The number of ketones is 1. The minimum atomic E-state index is -0.0422. The lowest BCUT2D eigenvalue weighted by Gasteiger charge is -2.21. The van der Waals surface area contributed by atoms with Gasteiger partial charge in [-0.3, -0.25) is 4.79 Å². The van der Waals surface area contributed by atoms with Gasteiger partial charge in [-0.15, -0.1) is 0 Å². The van der Waals surface area contributed by atoms with Crippen molar-refractivity contribution in [3.8, 4) is 11.1 Å². The van der Waals surface area contributed by atoms with Crippen molar-refractivity contribution in [2.75, 3.05) is 18.5 Å². The predicted octanol–water partition coefficient (Wildman–Crippen LogP) is 6.17. The molecule has 1 saturated heterocycles. The molecule has 7 nitrogen and oxygen atoms in total. The average Bonchev–Trinajstić information content (AvgIpc) is 3.20. The summed E-state index contributed by atoms with van der Waals surface area (Å²) in [6, 6.07) is 13.6. The number of halogens is 1. The summed E-state index contributed by atoms with van der Waals surface area (Å²) in [6.45, 7) is 5.73. The van der Waals surface area contributed by atoms with Crippen molar-refractivity contribution in [3.05, 3.63) is 70.3 Å². The van der Waals surface area contributed by atoms with E-state index in [4.69, 9.17) is 25.8 Å². The Balaban J connectivity index is 1.52. The van der Waals surface area contributed by atoms with Gasteiger partial charge in [0.2, 0.25) is 0 Å². The van der Waals surface area contributed by atoms with Crippen molar-refractivity contribution < 1.29 is 14.1 Å².